The Morgan fingerprint density at radius 1 is 1.44 bits per heavy atom. The summed E-state index contributed by atoms with van der Waals surface area (Å²) in [5.41, 5.74) is 0. The molecule has 0 aromatic rings. The number of ether oxygens (including phenoxy) is 1. The van der Waals surface area contributed by atoms with Gasteiger partial charge in [-0.25, -0.2) is 0 Å². The Bertz CT molecular complexity index is 294. The second-order valence-electron chi connectivity index (χ2n) is 4.95. The predicted molar refractivity (Wildman–Crippen MR) is 68.1 cm³/mol. The molecule has 1 atom stereocenters. The molecule has 0 aromatic carbocycles. The highest BCUT2D eigenvalue weighted by Crippen LogP contribution is 2.08. The van der Waals surface area contributed by atoms with Gasteiger partial charge >= 0.3 is 0 Å². The normalized spacial score (nSPS) is 20.7. The van der Waals surface area contributed by atoms with Gasteiger partial charge in [0.15, 0.2) is 0 Å². The van der Waals surface area contributed by atoms with Crippen molar-refractivity contribution in [3.05, 3.63) is 0 Å². The maximum absolute atomic E-state index is 11.9. The van der Waals surface area contributed by atoms with Crippen molar-refractivity contribution >= 4 is 11.8 Å². The number of rotatable bonds is 4. The summed E-state index contributed by atoms with van der Waals surface area (Å²) in [4.78, 5) is 26.6. The summed E-state index contributed by atoms with van der Waals surface area (Å²) in [5.74, 6) is 0.0995. The van der Waals surface area contributed by atoms with Gasteiger partial charge in [-0.2, -0.15) is 0 Å². The van der Waals surface area contributed by atoms with Crippen molar-refractivity contribution in [3.63, 3.8) is 0 Å². The van der Waals surface area contributed by atoms with Gasteiger partial charge < -0.3 is 19.9 Å². The molecule has 1 rings (SSSR count). The van der Waals surface area contributed by atoms with Gasteiger partial charge in [0.25, 0.3) is 0 Å². The van der Waals surface area contributed by atoms with Crippen LogP contribution in [0, 0.1) is 5.92 Å². The molecular formula is C12H23N3O3. The van der Waals surface area contributed by atoms with Crippen LogP contribution >= 0.6 is 0 Å². The third-order valence-electron chi connectivity index (χ3n) is 2.80. The lowest BCUT2D eigenvalue weighted by Gasteiger charge is -2.25. The van der Waals surface area contributed by atoms with Crippen LogP contribution in [0.4, 0.5) is 0 Å². The zero-order valence-electron chi connectivity index (χ0n) is 11.4. The van der Waals surface area contributed by atoms with E-state index in [0.717, 1.165) is 6.54 Å². The summed E-state index contributed by atoms with van der Waals surface area (Å²) in [6.45, 7) is 4.92. The minimum Gasteiger partial charge on any atom is -0.379 e. The van der Waals surface area contributed by atoms with E-state index in [0.29, 0.717) is 32.2 Å². The molecule has 0 aliphatic carbocycles. The minimum atomic E-state index is -0.181. The largest absolute Gasteiger partial charge is 0.379 e. The molecule has 0 bridgehead atoms. The Hall–Kier alpha value is -1.14. The Kier molecular flexibility index (Phi) is 6.07. The SMILES string of the molecule is CC(=O)NCC(=O)N1CCOCC(CN(C)C)C1. The monoisotopic (exact) mass is 257 g/mol. The molecule has 1 aliphatic heterocycles. The van der Waals surface area contributed by atoms with Crippen LogP contribution in [0.3, 0.4) is 0 Å². The Morgan fingerprint density at radius 2 is 2.17 bits per heavy atom. The third kappa shape index (κ3) is 5.46. The summed E-state index contributed by atoms with van der Waals surface area (Å²) in [6.07, 6.45) is 0. The summed E-state index contributed by atoms with van der Waals surface area (Å²) in [5, 5.41) is 2.54. The second-order valence-corrected chi connectivity index (χ2v) is 4.95. The van der Waals surface area contributed by atoms with Gasteiger partial charge in [-0.1, -0.05) is 0 Å². The van der Waals surface area contributed by atoms with Gasteiger partial charge in [-0.15, -0.1) is 0 Å². The van der Waals surface area contributed by atoms with E-state index in [2.05, 4.69) is 10.2 Å². The van der Waals surface area contributed by atoms with E-state index in [9.17, 15) is 9.59 Å². The Morgan fingerprint density at radius 3 is 2.78 bits per heavy atom. The predicted octanol–water partition coefficient (Wildman–Crippen LogP) is -0.841. The first kappa shape index (κ1) is 14.9. The van der Waals surface area contributed by atoms with E-state index in [4.69, 9.17) is 4.74 Å². The van der Waals surface area contributed by atoms with Crippen LogP contribution in [0.15, 0.2) is 0 Å². The topological polar surface area (TPSA) is 61.9 Å². The van der Waals surface area contributed by atoms with Crippen molar-refractivity contribution in [2.75, 3.05) is 53.5 Å². The van der Waals surface area contributed by atoms with Crippen LogP contribution in [-0.2, 0) is 14.3 Å². The van der Waals surface area contributed by atoms with Gasteiger partial charge in [0.2, 0.25) is 11.8 Å². The fourth-order valence-corrected chi connectivity index (χ4v) is 2.05. The lowest BCUT2D eigenvalue weighted by atomic mass is 10.1. The first-order chi connectivity index (χ1) is 8.49. The summed E-state index contributed by atoms with van der Waals surface area (Å²) >= 11 is 0. The molecule has 6 nitrogen and oxygen atoms in total. The van der Waals surface area contributed by atoms with Gasteiger partial charge in [-0.3, -0.25) is 9.59 Å². The molecule has 0 spiro atoms. The number of nitrogens with zero attached hydrogens (tertiary/aromatic N) is 2. The van der Waals surface area contributed by atoms with Crippen molar-refractivity contribution in [3.8, 4) is 0 Å². The highest BCUT2D eigenvalue weighted by Gasteiger charge is 2.22. The fourth-order valence-electron chi connectivity index (χ4n) is 2.05. The molecule has 1 unspecified atom stereocenters. The van der Waals surface area contributed by atoms with E-state index < -0.39 is 0 Å². The first-order valence-corrected chi connectivity index (χ1v) is 6.23. The maximum atomic E-state index is 11.9. The molecule has 0 saturated carbocycles. The molecule has 0 radical (unpaired) electrons. The van der Waals surface area contributed by atoms with Crippen molar-refractivity contribution in [2.24, 2.45) is 5.92 Å². The molecule has 1 saturated heterocycles. The number of nitrogens with one attached hydrogen (secondary N) is 1. The van der Waals surface area contributed by atoms with Crippen molar-refractivity contribution in [1.82, 2.24) is 15.1 Å². The maximum Gasteiger partial charge on any atom is 0.242 e. The number of hydrogen-bond acceptors (Lipinski definition) is 4. The zero-order chi connectivity index (χ0) is 13.5. The molecular weight excluding hydrogens is 234 g/mol. The van der Waals surface area contributed by atoms with Crippen LogP contribution in [0.1, 0.15) is 6.92 Å². The van der Waals surface area contributed by atoms with Gasteiger partial charge in [-0.05, 0) is 14.1 Å². The van der Waals surface area contributed by atoms with Crippen LogP contribution in [0.25, 0.3) is 0 Å². The number of carbonyl (C=O) groups excluding carboxylic acids is 2. The first-order valence-electron chi connectivity index (χ1n) is 6.23. The van der Waals surface area contributed by atoms with E-state index in [1.807, 2.05) is 14.1 Å². The van der Waals surface area contributed by atoms with E-state index in [1.165, 1.54) is 6.92 Å². The smallest absolute Gasteiger partial charge is 0.242 e. The van der Waals surface area contributed by atoms with E-state index in [1.54, 1.807) is 4.90 Å². The number of carbonyl (C=O) groups is 2. The number of hydrogen-bond donors (Lipinski definition) is 1. The lowest BCUT2D eigenvalue weighted by Crippen LogP contribution is -2.43. The average Bonchev–Trinajstić information content (AvgIpc) is 2.50. The Labute approximate surface area is 108 Å². The molecule has 1 heterocycles. The molecule has 2 amide bonds. The van der Waals surface area contributed by atoms with E-state index in [-0.39, 0.29) is 18.4 Å². The van der Waals surface area contributed by atoms with Crippen LogP contribution < -0.4 is 5.32 Å². The Balaban J connectivity index is 2.47. The molecule has 18 heavy (non-hydrogen) atoms. The summed E-state index contributed by atoms with van der Waals surface area (Å²) in [6, 6.07) is 0. The minimum absolute atomic E-state index is 0.0422. The second kappa shape index (κ2) is 7.33. The standard InChI is InChI=1S/C12H23N3O3/c1-10(16)13-6-12(17)15-4-5-18-9-11(8-15)7-14(2)3/h11H,4-9H2,1-3H3,(H,13,16). The van der Waals surface area contributed by atoms with Crippen LogP contribution in [-0.4, -0.2) is 75.1 Å². The highest BCUT2D eigenvalue weighted by atomic mass is 16.5. The molecule has 1 fully saturated rings. The van der Waals surface area contributed by atoms with Crippen molar-refractivity contribution in [1.29, 1.82) is 0 Å². The molecule has 1 N–H and O–H groups in total. The van der Waals surface area contributed by atoms with Crippen molar-refractivity contribution < 1.29 is 14.3 Å². The fraction of sp³-hybridized carbons (Fsp3) is 0.833. The van der Waals surface area contributed by atoms with Crippen LogP contribution in [0.5, 0.6) is 0 Å². The van der Waals surface area contributed by atoms with E-state index >= 15 is 0 Å². The van der Waals surface area contributed by atoms with Crippen LogP contribution in [0.2, 0.25) is 0 Å². The summed E-state index contributed by atoms with van der Waals surface area (Å²) < 4.78 is 5.51. The molecule has 104 valence electrons. The quantitative estimate of drug-likeness (QED) is 0.713. The molecule has 1 aliphatic rings. The van der Waals surface area contributed by atoms with Gasteiger partial charge in [0, 0.05) is 32.5 Å². The van der Waals surface area contributed by atoms with Crippen molar-refractivity contribution in [2.45, 2.75) is 6.92 Å². The highest BCUT2D eigenvalue weighted by molar-refractivity contribution is 5.83. The van der Waals surface area contributed by atoms with Gasteiger partial charge in [0.05, 0.1) is 19.8 Å². The summed E-state index contributed by atoms with van der Waals surface area (Å²) in [7, 11) is 4.02. The average molecular weight is 257 g/mol. The number of amides is 2. The molecule has 6 heteroatoms. The lowest BCUT2D eigenvalue weighted by molar-refractivity contribution is -0.132. The van der Waals surface area contributed by atoms with Gasteiger partial charge in [0.1, 0.15) is 0 Å². The third-order valence-corrected chi connectivity index (χ3v) is 2.80. The molecule has 0 aromatic heterocycles. The zero-order valence-corrected chi connectivity index (χ0v) is 11.4.